The highest BCUT2D eigenvalue weighted by Gasteiger charge is 2.04. The van der Waals surface area contributed by atoms with Crippen LogP contribution in [0.25, 0.3) is 44.3 Å². The van der Waals surface area contributed by atoms with Crippen LogP contribution >= 0.6 is 0 Å². The molecule has 2 heteroatoms. The number of aromatic nitrogens is 2. The first-order valence-electron chi connectivity index (χ1n) is 8.69. The molecule has 0 bridgehead atoms. The predicted octanol–water partition coefficient (Wildman–Crippen LogP) is 6.12. The van der Waals surface area contributed by atoms with Crippen LogP contribution < -0.4 is 0 Å². The van der Waals surface area contributed by atoms with E-state index in [1.807, 2.05) is 36.4 Å². The van der Waals surface area contributed by atoms with Gasteiger partial charge in [0.25, 0.3) is 0 Å². The Morgan fingerprint density at radius 2 is 0.808 bits per heavy atom. The van der Waals surface area contributed by atoms with E-state index < -0.39 is 0 Å². The predicted molar refractivity (Wildman–Crippen MR) is 108 cm³/mol. The highest BCUT2D eigenvalue weighted by atomic mass is 14.7. The Morgan fingerprint density at radius 3 is 1.27 bits per heavy atom. The van der Waals surface area contributed by atoms with Crippen molar-refractivity contribution in [2.75, 3.05) is 0 Å². The molecule has 3 aromatic carbocycles. The number of hydrogen-bond donors (Lipinski definition) is 0. The summed E-state index contributed by atoms with van der Waals surface area (Å²) in [4.78, 5) is 9.55. The normalized spacial score (nSPS) is 11.1. The second-order valence-corrected chi connectivity index (χ2v) is 6.36. The van der Waals surface area contributed by atoms with E-state index in [4.69, 9.17) is 9.97 Å². The number of benzene rings is 3. The Kier molecular flexibility index (Phi) is 3.46. The van der Waals surface area contributed by atoms with Crippen molar-refractivity contribution in [3.63, 3.8) is 0 Å². The first-order chi connectivity index (χ1) is 12.9. The zero-order valence-electron chi connectivity index (χ0n) is 14.1. The molecule has 0 N–H and O–H groups in total. The average molecular weight is 332 g/mol. The lowest BCUT2D eigenvalue weighted by Crippen LogP contribution is -1.87. The zero-order chi connectivity index (χ0) is 17.3. The standard InChI is InChI=1S/C24H16N2/c1-3-7-21-17(5-1)13-15-23(25-21)19-9-11-20(12-10-19)24-16-14-18-6-2-4-8-22(18)26-24/h1-16H. The number of para-hydroxylation sites is 2. The molecule has 5 aromatic rings. The molecule has 2 nitrogen and oxygen atoms in total. The van der Waals surface area contributed by atoms with Gasteiger partial charge in [-0.3, -0.25) is 0 Å². The highest BCUT2D eigenvalue weighted by Crippen LogP contribution is 2.25. The van der Waals surface area contributed by atoms with Gasteiger partial charge < -0.3 is 0 Å². The van der Waals surface area contributed by atoms with Gasteiger partial charge in [-0.25, -0.2) is 9.97 Å². The Bertz CT molecular complexity index is 1130. The molecule has 0 saturated carbocycles. The summed E-state index contributed by atoms with van der Waals surface area (Å²) >= 11 is 0. The summed E-state index contributed by atoms with van der Waals surface area (Å²) in [6.07, 6.45) is 0. The second kappa shape index (κ2) is 6.08. The van der Waals surface area contributed by atoms with E-state index in [2.05, 4.69) is 60.7 Å². The smallest absolute Gasteiger partial charge is 0.0709 e. The fourth-order valence-corrected chi connectivity index (χ4v) is 3.27. The largest absolute Gasteiger partial charge is 0.248 e. The summed E-state index contributed by atoms with van der Waals surface area (Å²) in [6, 6.07) is 33.2. The van der Waals surface area contributed by atoms with Crippen molar-refractivity contribution < 1.29 is 0 Å². The Hall–Kier alpha value is -3.52. The molecule has 0 unspecified atom stereocenters. The van der Waals surface area contributed by atoms with Crippen molar-refractivity contribution in [3.05, 3.63) is 97.1 Å². The number of rotatable bonds is 2. The lowest BCUT2D eigenvalue weighted by Gasteiger charge is -2.06. The highest BCUT2D eigenvalue weighted by molar-refractivity contribution is 5.83. The van der Waals surface area contributed by atoms with Crippen LogP contribution in [-0.4, -0.2) is 9.97 Å². The van der Waals surface area contributed by atoms with Gasteiger partial charge in [-0.15, -0.1) is 0 Å². The SMILES string of the molecule is c1ccc2nc(-c3ccc(-c4ccc5ccccc5n4)cc3)ccc2c1. The molecule has 0 aliphatic carbocycles. The van der Waals surface area contributed by atoms with Crippen LogP contribution in [0.1, 0.15) is 0 Å². The third-order valence-corrected chi connectivity index (χ3v) is 4.67. The fourth-order valence-electron chi connectivity index (χ4n) is 3.27. The fraction of sp³-hybridized carbons (Fsp3) is 0. The lowest BCUT2D eigenvalue weighted by molar-refractivity contribution is 1.38. The lowest BCUT2D eigenvalue weighted by atomic mass is 10.0. The van der Waals surface area contributed by atoms with Crippen molar-refractivity contribution in [2.45, 2.75) is 0 Å². The van der Waals surface area contributed by atoms with Crippen molar-refractivity contribution in [3.8, 4) is 22.5 Å². The van der Waals surface area contributed by atoms with Crippen molar-refractivity contribution in [2.24, 2.45) is 0 Å². The molecule has 0 atom stereocenters. The minimum Gasteiger partial charge on any atom is -0.248 e. The van der Waals surface area contributed by atoms with Crippen LogP contribution in [0.3, 0.4) is 0 Å². The molecule has 5 rings (SSSR count). The Balaban J connectivity index is 1.52. The summed E-state index contributed by atoms with van der Waals surface area (Å²) in [5, 5.41) is 2.32. The van der Waals surface area contributed by atoms with Crippen LogP contribution in [0.15, 0.2) is 97.1 Å². The van der Waals surface area contributed by atoms with Gasteiger partial charge in [-0.1, -0.05) is 72.8 Å². The molecule has 0 aliphatic heterocycles. The molecular formula is C24H16N2. The van der Waals surface area contributed by atoms with E-state index in [-0.39, 0.29) is 0 Å². The molecule has 0 amide bonds. The van der Waals surface area contributed by atoms with Crippen LogP contribution in [0, 0.1) is 0 Å². The molecular weight excluding hydrogens is 316 g/mol. The van der Waals surface area contributed by atoms with E-state index in [0.29, 0.717) is 0 Å². The van der Waals surface area contributed by atoms with Gasteiger partial charge >= 0.3 is 0 Å². The third kappa shape index (κ3) is 2.62. The monoisotopic (exact) mass is 332 g/mol. The van der Waals surface area contributed by atoms with E-state index in [1.54, 1.807) is 0 Å². The van der Waals surface area contributed by atoms with Gasteiger partial charge in [0.05, 0.1) is 22.4 Å². The van der Waals surface area contributed by atoms with Gasteiger partial charge in [0.15, 0.2) is 0 Å². The van der Waals surface area contributed by atoms with Gasteiger partial charge in [0.2, 0.25) is 0 Å². The Morgan fingerprint density at radius 1 is 0.385 bits per heavy atom. The van der Waals surface area contributed by atoms with Gasteiger partial charge in [-0.05, 0) is 24.3 Å². The summed E-state index contributed by atoms with van der Waals surface area (Å²) in [7, 11) is 0. The maximum atomic E-state index is 4.77. The molecule has 122 valence electrons. The van der Waals surface area contributed by atoms with E-state index >= 15 is 0 Å². The minimum atomic E-state index is 0.988. The second-order valence-electron chi connectivity index (χ2n) is 6.36. The third-order valence-electron chi connectivity index (χ3n) is 4.67. The molecule has 0 aliphatic rings. The summed E-state index contributed by atoms with van der Waals surface area (Å²) in [6.45, 7) is 0. The summed E-state index contributed by atoms with van der Waals surface area (Å²) in [5.74, 6) is 0. The van der Waals surface area contributed by atoms with E-state index in [0.717, 1.165) is 44.3 Å². The van der Waals surface area contributed by atoms with Gasteiger partial charge in [0.1, 0.15) is 0 Å². The van der Waals surface area contributed by atoms with Crippen LogP contribution in [0.4, 0.5) is 0 Å². The minimum absolute atomic E-state index is 0.988. The first-order valence-corrected chi connectivity index (χ1v) is 8.69. The molecule has 0 fully saturated rings. The van der Waals surface area contributed by atoms with Crippen molar-refractivity contribution in [1.82, 2.24) is 9.97 Å². The maximum Gasteiger partial charge on any atom is 0.0709 e. The topological polar surface area (TPSA) is 25.8 Å². The van der Waals surface area contributed by atoms with E-state index in [9.17, 15) is 0 Å². The first kappa shape index (κ1) is 14.8. The molecule has 26 heavy (non-hydrogen) atoms. The summed E-state index contributed by atoms with van der Waals surface area (Å²) < 4.78 is 0. The average Bonchev–Trinajstić information content (AvgIpc) is 2.73. The number of hydrogen-bond acceptors (Lipinski definition) is 2. The molecule has 0 saturated heterocycles. The summed E-state index contributed by atoms with van der Waals surface area (Å²) in [5.41, 5.74) is 6.24. The quantitative estimate of drug-likeness (QED) is 0.389. The van der Waals surface area contributed by atoms with E-state index in [1.165, 1.54) is 0 Å². The zero-order valence-corrected chi connectivity index (χ0v) is 14.1. The molecule has 0 spiro atoms. The van der Waals surface area contributed by atoms with Crippen molar-refractivity contribution in [1.29, 1.82) is 0 Å². The van der Waals surface area contributed by atoms with Crippen LogP contribution in [-0.2, 0) is 0 Å². The number of fused-ring (bicyclic) bond motifs is 2. The van der Waals surface area contributed by atoms with Crippen molar-refractivity contribution >= 4 is 21.8 Å². The number of nitrogens with zero attached hydrogens (tertiary/aromatic N) is 2. The molecule has 0 radical (unpaired) electrons. The molecule has 2 aromatic heterocycles. The molecule has 2 heterocycles. The number of pyridine rings is 2. The Labute approximate surface area is 151 Å². The van der Waals surface area contributed by atoms with Gasteiger partial charge in [-0.2, -0.15) is 0 Å². The maximum absolute atomic E-state index is 4.77. The van der Waals surface area contributed by atoms with Gasteiger partial charge in [0, 0.05) is 21.9 Å². The van der Waals surface area contributed by atoms with Crippen LogP contribution in [0.5, 0.6) is 0 Å². The van der Waals surface area contributed by atoms with Crippen LogP contribution in [0.2, 0.25) is 0 Å².